The summed E-state index contributed by atoms with van der Waals surface area (Å²) in [7, 11) is 0. The number of aryl methyl sites for hydroxylation is 1. The van der Waals surface area contributed by atoms with Crippen LogP contribution in [0.25, 0.3) is 0 Å². The number of rotatable bonds is 7. The predicted octanol–water partition coefficient (Wildman–Crippen LogP) is 4.89. The largest absolute Gasteiger partial charge is 0.397 e. The quantitative estimate of drug-likeness (QED) is 0.556. The molecule has 2 heteroatoms. The van der Waals surface area contributed by atoms with Crippen LogP contribution in [0, 0.1) is 11.8 Å². The van der Waals surface area contributed by atoms with Gasteiger partial charge in [-0.25, -0.2) is 0 Å². The number of nitrogens with two attached hydrogens (primary N) is 2. The third-order valence-corrected chi connectivity index (χ3v) is 5.12. The molecule has 1 aromatic rings. The van der Waals surface area contributed by atoms with Crippen molar-refractivity contribution >= 4 is 11.4 Å². The molecule has 0 heterocycles. The highest BCUT2D eigenvalue weighted by Gasteiger charge is 2.20. The van der Waals surface area contributed by atoms with Crippen LogP contribution < -0.4 is 11.5 Å². The molecule has 0 aliphatic heterocycles. The van der Waals surface area contributed by atoms with Gasteiger partial charge in [-0.05, 0) is 61.5 Å². The van der Waals surface area contributed by atoms with E-state index in [4.69, 9.17) is 11.5 Å². The molecule has 0 spiro atoms. The maximum Gasteiger partial charge on any atom is 0.0586 e. The molecule has 0 unspecified atom stereocenters. The highest BCUT2D eigenvalue weighted by molar-refractivity contribution is 5.71. The molecule has 0 atom stereocenters. The third kappa shape index (κ3) is 4.16. The molecule has 120 valence electrons. The molecule has 0 radical (unpaired) electrons. The van der Waals surface area contributed by atoms with Crippen LogP contribution in [0.1, 0.15) is 49.7 Å². The molecule has 1 aromatic carbocycles. The maximum absolute atomic E-state index is 6.22. The SMILES string of the molecule is C=CCc1ccc(CCC2CCC(CC=C)CC2)c(N)c1N. The van der Waals surface area contributed by atoms with Crippen molar-refractivity contribution in [3.05, 3.63) is 48.6 Å². The fourth-order valence-electron chi connectivity index (χ4n) is 3.63. The summed E-state index contributed by atoms with van der Waals surface area (Å²) in [6.07, 6.45) is 13.6. The van der Waals surface area contributed by atoms with Crippen molar-refractivity contribution in [2.45, 2.75) is 51.4 Å². The summed E-state index contributed by atoms with van der Waals surface area (Å²) < 4.78 is 0. The third-order valence-electron chi connectivity index (χ3n) is 5.12. The van der Waals surface area contributed by atoms with Crippen LogP contribution in [0.4, 0.5) is 11.4 Å². The zero-order valence-corrected chi connectivity index (χ0v) is 13.7. The van der Waals surface area contributed by atoms with Gasteiger partial charge in [0.1, 0.15) is 0 Å². The van der Waals surface area contributed by atoms with E-state index in [1.807, 2.05) is 6.08 Å². The van der Waals surface area contributed by atoms with Crippen molar-refractivity contribution in [3.8, 4) is 0 Å². The zero-order chi connectivity index (χ0) is 15.9. The van der Waals surface area contributed by atoms with E-state index in [2.05, 4.69) is 31.4 Å². The number of anilines is 2. The van der Waals surface area contributed by atoms with Gasteiger partial charge in [-0.15, -0.1) is 13.2 Å². The molecule has 2 nitrogen and oxygen atoms in total. The van der Waals surface area contributed by atoms with E-state index in [-0.39, 0.29) is 0 Å². The van der Waals surface area contributed by atoms with E-state index in [1.54, 1.807) is 0 Å². The van der Waals surface area contributed by atoms with E-state index in [0.29, 0.717) is 0 Å². The average molecular weight is 298 g/mol. The first-order valence-corrected chi connectivity index (χ1v) is 8.53. The smallest absolute Gasteiger partial charge is 0.0586 e. The normalized spacial score (nSPS) is 21.5. The Morgan fingerprint density at radius 2 is 1.50 bits per heavy atom. The molecular weight excluding hydrogens is 268 g/mol. The lowest BCUT2D eigenvalue weighted by molar-refractivity contribution is 0.265. The number of benzene rings is 1. The summed E-state index contributed by atoms with van der Waals surface area (Å²) in [4.78, 5) is 0. The first kappa shape index (κ1) is 16.7. The Bertz CT molecular complexity index is 511. The first-order valence-electron chi connectivity index (χ1n) is 8.53. The van der Waals surface area contributed by atoms with Crippen LogP contribution >= 0.6 is 0 Å². The topological polar surface area (TPSA) is 52.0 Å². The minimum Gasteiger partial charge on any atom is -0.397 e. The molecule has 2 rings (SSSR count). The molecular formula is C20H30N2. The van der Waals surface area contributed by atoms with Gasteiger partial charge >= 0.3 is 0 Å². The molecule has 0 bridgehead atoms. The Kier molecular flexibility index (Phi) is 6.11. The van der Waals surface area contributed by atoms with Crippen molar-refractivity contribution in [3.63, 3.8) is 0 Å². The van der Waals surface area contributed by atoms with Crippen LogP contribution in [0.2, 0.25) is 0 Å². The molecule has 0 aromatic heterocycles. The summed E-state index contributed by atoms with van der Waals surface area (Å²) in [5, 5.41) is 0. The van der Waals surface area contributed by atoms with Crippen LogP contribution in [0.15, 0.2) is 37.4 Å². The van der Waals surface area contributed by atoms with E-state index >= 15 is 0 Å². The second-order valence-corrected chi connectivity index (χ2v) is 6.65. The lowest BCUT2D eigenvalue weighted by atomic mass is 9.78. The Morgan fingerprint density at radius 1 is 0.909 bits per heavy atom. The van der Waals surface area contributed by atoms with Gasteiger partial charge in [0.05, 0.1) is 11.4 Å². The summed E-state index contributed by atoms with van der Waals surface area (Å²) >= 11 is 0. The van der Waals surface area contributed by atoms with E-state index < -0.39 is 0 Å². The Balaban J connectivity index is 1.88. The molecule has 0 amide bonds. The molecule has 1 fully saturated rings. The van der Waals surface area contributed by atoms with Gasteiger partial charge in [0, 0.05) is 0 Å². The minimum atomic E-state index is 0.743. The Hall–Kier alpha value is -1.70. The fraction of sp³-hybridized carbons (Fsp3) is 0.500. The second kappa shape index (κ2) is 8.07. The van der Waals surface area contributed by atoms with E-state index in [0.717, 1.165) is 41.6 Å². The second-order valence-electron chi connectivity index (χ2n) is 6.65. The molecule has 1 saturated carbocycles. The number of hydrogen-bond donors (Lipinski definition) is 2. The highest BCUT2D eigenvalue weighted by Crippen LogP contribution is 2.34. The summed E-state index contributed by atoms with van der Waals surface area (Å²) in [6, 6.07) is 4.25. The number of hydrogen-bond acceptors (Lipinski definition) is 2. The maximum atomic E-state index is 6.22. The Morgan fingerprint density at radius 3 is 2.14 bits per heavy atom. The van der Waals surface area contributed by atoms with Gasteiger partial charge in [-0.2, -0.15) is 0 Å². The van der Waals surface area contributed by atoms with Crippen molar-refractivity contribution in [2.75, 3.05) is 11.5 Å². The average Bonchev–Trinajstić information content (AvgIpc) is 2.53. The Labute approximate surface area is 135 Å². The van der Waals surface area contributed by atoms with Crippen LogP contribution in [0.3, 0.4) is 0 Å². The molecule has 4 N–H and O–H groups in total. The summed E-state index contributed by atoms with van der Waals surface area (Å²) in [6.45, 7) is 7.62. The van der Waals surface area contributed by atoms with Gasteiger partial charge in [0.2, 0.25) is 0 Å². The van der Waals surface area contributed by atoms with Crippen LogP contribution in [0.5, 0.6) is 0 Å². The van der Waals surface area contributed by atoms with Gasteiger partial charge in [-0.3, -0.25) is 0 Å². The monoisotopic (exact) mass is 298 g/mol. The van der Waals surface area contributed by atoms with Gasteiger partial charge in [0.25, 0.3) is 0 Å². The molecule has 22 heavy (non-hydrogen) atoms. The van der Waals surface area contributed by atoms with Gasteiger partial charge < -0.3 is 11.5 Å². The lowest BCUT2D eigenvalue weighted by Crippen LogP contribution is -2.15. The lowest BCUT2D eigenvalue weighted by Gasteiger charge is -2.28. The van der Waals surface area contributed by atoms with Gasteiger partial charge in [-0.1, -0.05) is 37.1 Å². The molecule has 1 aliphatic carbocycles. The van der Waals surface area contributed by atoms with Crippen molar-refractivity contribution in [1.82, 2.24) is 0 Å². The van der Waals surface area contributed by atoms with Crippen LogP contribution in [-0.2, 0) is 12.8 Å². The standard InChI is InChI=1S/C20H30N2/c1-3-5-15-7-9-16(10-8-15)11-12-18-14-13-17(6-4-2)19(21)20(18)22/h3-4,13-16H,1-2,5-12,21-22H2. The van der Waals surface area contributed by atoms with E-state index in [9.17, 15) is 0 Å². The number of allylic oxidation sites excluding steroid dienone is 2. The highest BCUT2D eigenvalue weighted by atomic mass is 14.7. The summed E-state index contributed by atoms with van der Waals surface area (Å²) in [5.41, 5.74) is 16.2. The van der Waals surface area contributed by atoms with E-state index in [1.165, 1.54) is 44.1 Å². The first-order chi connectivity index (χ1) is 10.7. The van der Waals surface area contributed by atoms with Crippen molar-refractivity contribution in [1.29, 1.82) is 0 Å². The van der Waals surface area contributed by atoms with Gasteiger partial charge in [0.15, 0.2) is 0 Å². The minimum absolute atomic E-state index is 0.743. The molecule has 1 aliphatic rings. The van der Waals surface area contributed by atoms with Crippen LogP contribution in [-0.4, -0.2) is 0 Å². The molecule has 0 saturated heterocycles. The zero-order valence-electron chi connectivity index (χ0n) is 13.7. The summed E-state index contributed by atoms with van der Waals surface area (Å²) in [5.74, 6) is 1.71. The number of nitrogen functional groups attached to an aromatic ring is 2. The predicted molar refractivity (Wildman–Crippen MR) is 97.8 cm³/mol. The van der Waals surface area contributed by atoms with Crippen molar-refractivity contribution in [2.24, 2.45) is 11.8 Å². The van der Waals surface area contributed by atoms with Crippen molar-refractivity contribution < 1.29 is 0 Å². The fourth-order valence-corrected chi connectivity index (χ4v) is 3.63.